The summed E-state index contributed by atoms with van der Waals surface area (Å²) in [7, 11) is 6.65. The number of nitrogens with zero attached hydrogens (tertiary/aromatic N) is 4. The number of unbranched alkanes of at least 4 members (excludes halogenated alkanes) is 3. The molecule has 2 fully saturated rings. The Labute approximate surface area is 446 Å². The molecule has 20 heteroatoms. The van der Waals surface area contributed by atoms with E-state index < -0.39 is 66.3 Å². The number of phenolic OH excluding ortho intramolecular Hbond substituents is 1. The fourth-order valence-electron chi connectivity index (χ4n) is 10.5. The molecular weight excluding hydrogens is 965 g/mol. The van der Waals surface area contributed by atoms with E-state index in [9.17, 15) is 38.7 Å². The fraction of sp³-hybridized carbons (Fsp3) is 0.764. The number of carbonyl (C=O) groups excluding carboxylic acids is 6. The first-order chi connectivity index (χ1) is 35.6. The van der Waals surface area contributed by atoms with E-state index in [4.69, 9.17) is 25.2 Å². The van der Waals surface area contributed by atoms with Gasteiger partial charge in [0, 0.05) is 53.7 Å². The summed E-state index contributed by atoms with van der Waals surface area (Å²) in [5.74, 6) is -3.78. The Hall–Kier alpha value is -4.89. The van der Waals surface area contributed by atoms with Gasteiger partial charge < -0.3 is 51.2 Å². The van der Waals surface area contributed by atoms with Crippen LogP contribution in [-0.4, -0.2) is 181 Å². The summed E-state index contributed by atoms with van der Waals surface area (Å²) in [6, 6.07) is 2.22. The predicted molar refractivity (Wildman–Crippen MR) is 286 cm³/mol. The van der Waals surface area contributed by atoms with Crippen molar-refractivity contribution in [3.05, 3.63) is 29.8 Å². The SMILES string of the molecule is CC[C@H](C)C([C@@H](CC(=O)N1CCC[C@H]1[C@H](OC)[C@@H](C)C(=O)NC(Cc1ccc(O)cc1)C(=O)N1CCCCO1)OC)N(C)C(=O)[C@@H](NC(=O)[C@H](C(C)C)N(C)CCCCCC(=O)NCCCC[C@H](N)C(=O)O)C(C)C. The molecule has 1 aromatic rings. The summed E-state index contributed by atoms with van der Waals surface area (Å²) < 4.78 is 12.1. The third kappa shape index (κ3) is 19.9. The standard InChI is InChI=1S/C55H94N8O12/c1-12-37(6)49(61(9)54(70)47(35(2)3)59-52(68)48(36(4)5)60(8)29-17-13-14-23-45(65)57-28-16-15-21-41(56)55(71)72)44(73-10)34-46(66)62-30-20-22-43(62)50(74-11)38(7)51(67)58-42(33-39-24-26-40(64)27-25-39)53(69)63-31-18-19-32-75-63/h24-27,35-38,41-44,47-50,64H,12-23,28-34,56H2,1-11H3,(H,57,65)(H,58,67)(H,59,68)(H,71,72)/t37-,38+,41-,42?,43-,44+,47-,48-,49?,50+/m0/s1. The lowest BCUT2D eigenvalue weighted by Crippen LogP contribution is -2.60. The number of aliphatic carboxylic acids is 1. The molecule has 7 N–H and O–H groups in total. The predicted octanol–water partition coefficient (Wildman–Crippen LogP) is 4.25. The molecule has 0 radical (unpaired) electrons. The van der Waals surface area contributed by atoms with E-state index in [1.807, 2.05) is 53.5 Å². The van der Waals surface area contributed by atoms with E-state index in [-0.39, 0.29) is 65.9 Å². The molecule has 2 aliphatic rings. The highest BCUT2D eigenvalue weighted by Crippen LogP contribution is 2.30. The smallest absolute Gasteiger partial charge is 0.320 e. The van der Waals surface area contributed by atoms with Crippen LogP contribution in [0.25, 0.3) is 0 Å². The molecule has 75 heavy (non-hydrogen) atoms. The molecule has 3 rings (SSSR count). The first kappa shape index (κ1) is 64.4. The summed E-state index contributed by atoms with van der Waals surface area (Å²) in [5, 5.41) is 29.0. The number of phenols is 1. The Bertz CT molecular complexity index is 1950. The van der Waals surface area contributed by atoms with Crippen molar-refractivity contribution in [3.8, 4) is 5.75 Å². The number of carbonyl (C=O) groups is 7. The minimum atomic E-state index is -1.03. The van der Waals surface area contributed by atoms with Crippen LogP contribution < -0.4 is 21.7 Å². The van der Waals surface area contributed by atoms with Crippen LogP contribution in [0.4, 0.5) is 0 Å². The molecule has 2 aliphatic heterocycles. The molecule has 0 bridgehead atoms. The number of hydrogen-bond donors (Lipinski definition) is 6. The van der Waals surface area contributed by atoms with Crippen molar-refractivity contribution in [1.29, 1.82) is 0 Å². The van der Waals surface area contributed by atoms with Crippen LogP contribution in [0.5, 0.6) is 5.75 Å². The first-order valence-electron chi connectivity index (χ1n) is 27.5. The molecule has 0 spiro atoms. The number of likely N-dealkylation sites (N-methyl/N-ethyl adjacent to an activating group) is 2. The van der Waals surface area contributed by atoms with Gasteiger partial charge in [0.05, 0.1) is 49.3 Å². The minimum Gasteiger partial charge on any atom is -0.508 e. The van der Waals surface area contributed by atoms with Crippen molar-refractivity contribution in [2.75, 3.05) is 61.1 Å². The molecule has 2 heterocycles. The summed E-state index contributed by atoms with van der Waals surface area (Å²) in [6.45, 7) is 15.8. The number of nitrogens with two attached hydrogens (primary N) is 1. The summed E-state index contributed by atoms with van der Waals surface area (Å²) in [4.78, 5) is 106. The average molecular weight is 1060 g/mol. The van der Waals surface area contributed by atoms with E-state index >= 15 is 0 Å². The number of amides is 6. The number of nitrogens with one attached hydrogen (secondary N) is 3. The van der Waals surface area contributed by atoms with Gasteiger partial charge in [-0.2, -0.15) is 0 Å². The van der Waals surface area contributed by atoms with Crippen LogP contribution in [0.3, 0.4) is 0 Å². The fourth-order valence-corrected chi connectivity index (χ4v) is 10.5. The van der Waals surface area contributed by atoms with Gasteiger partial charge in [-0.15, -0.1) is 0 Å². The number of ether oxygens (including phenoxy) is 2. The van der Waals surface area contributed by atoms with E-state index in [2.05, 4.69) is 16.0 Å². The third-order valence-corrected chi connectivity index (χ3v) is 15.1. The van der Waals surface area contributed by atoms with E-state index in [0.717, 1.165) is 31.2 Å². The largest absolute Gasteiger partial charge is 0.508 e. The van der Waals surface area contributed by atoms with Crippen molar-refractivity contribution in [1.82, 2.24) is 35.7 Å². The lowest BCUT2D eigenvalue weighted by Gasteiger charge is -2.41. The van der Waals surface area contributed by atoms with Gasteiger partial charge in [0.2, 0.25) is 29.5 Å². The minimum absolute atomic E-state index is 0.0506. The van der Waals surface area contributed by atoms with Gasteiger partial charge in [0.15, 0.2) is 0 Å². The maximum Gasteiger partial charge on any atom is 0.320 e. The van der Waals surface area contributed by atoms with Gasteiger partial charge in [-0.3, -0.25) is 43.3 Å². The lowest BCUT2D eigenvalue weighted by molar-refractivity contribution is -0.199. The lowest BCUT2D eigenvalue weighted by atomic mass is 9.89. The highest BCUT2D eigenvalue weighted by atomic mass is 16.7. The van der Waals surface area contributed by atoms with Crippen LogP contribution in [0.2, 0.25) is 0 Å². The number of carboxylic acids is 1. The number of benzene rings is 1. The van der Waals surface area contributed by atoms with Crippen LogP contribution in [-0.2, 0) is 54.3 Å². The molecule has 0 saturated carbocycles. The zero-order chi connectivity index (χ0) is 55.9. The zero-order valence-electron chi connectivity index (χ0n) is 47.0. The Morgan fingerprint density at radius 1 is 0.853 bits per heavy atom. The molecule has 426 valence electrons. The molecule has 0 aromatic heterocycles. The van der Waals surface area contributed by atoms with Gasteiger partial charge in [0.1, 0.15) is 23.9 Å². The summed E-state index contributed by atoms with van der Waals surface area (Å²) >= 11 is 0. The van der Waals surface area contributed by atoms with Crippen molar-refractivity contribution in [2.24, 2.45) is 29.4 Å². The molecule has 10 atom stereocenters. The number of rotatable bonds is 33. The maximum absolute atomic E-state index is 14.7. The average Bonchev–Trinajstić information content (AvgIpc) is 3.87. The number of hydrogen-bond acceptors (Lipinski definition) is 13. The Kier molecular flexibility index (Phi) is 28.0. The van der Waals surface area contributed by atoms with Crippen molar-refractivity contribution in [3.63, 3.8) is 0 Å². The van der Waals surface area contributed by atoms with Crippen molar-refractivity contribution in [2.45, 2.75) is 187 Å². The maximum atomic E-state index is 14.7. The second-order valence-electron chi connectivity index (χ2n) is 21.5. The number of likely N-dealkylation sites (tertiary alicyclic amines) is 1. The van der Waals surface area contributed by atoms with Crippen LogP contribution in [0.1, 0.15) is 138 Å². The molecule has 0 aliphatic carbocycles. The molecule has 2 unspecified atom stereocenters. The van der Waals surface area contributed by atoms with Gasteiger partial charge >= 0.3 is 5.97 Å². The van der Waals surface area contributed by atoms with Gasteiger partial charge in [0.25, 0.3) is 5.91 Å². The second-order valence-corrected chi connectivity index (χ2v) is 21.5. The van der Waals surface area contributed by atoms with Crippen molar-refractivity contribution >= 4 is 41.4 Å². The van der Waals surface area contributed by atoms with Gasteiger partial charge in [-0.25, -0.2) is 5.06 Å². The molecule has 6 amide bonds. The first-order valence-corrected chi connectivity index (χ1v) is 27.5. The molecular formula is C55H94N8O12. The zero-order valence-corrected chi connectivity index (χ0v) is 47.0. The Morgan fingerprint density at radius 2 is 1.55 bits per heavy atom. The van der Waals surface area contributed by atoms with Crippen LogP contribution >= 0.6 is 0 Å². The third-order valence-electron chi connectivity index (χ3n) is 15.1. The summed E-state index contributed by atoms with van der Waals surface area (Å²) in [5.41, 5.74) is 6.28. The van der Waals surface area contributed by atoms with E-state index in [1.165, 1.54) is 31.4 Å². The van der Waals surface area contributed by atoms with Crippen LogP contribution in [0, 0.1) is 23.7 Å². The van der Waals surface area contributed by atoms with Gasteiger partial charge in [-0.1, -0.05) is 73.4 Å². The topological polar surface area (TPSA) is 263 Å². The van der Waals surface area contributed by atoms with Crippen molar-refractivity contribution < 1.29 is 58.1 Å². The Balaban J connectivity index is 1.67. The number of carboxylic acid groups (broad SMARTS) is 1. The number of methoxy groups -OCH3 is 2. The molecule has 1 aromatic carbocycles. The van der Waals surface area contributed by atoms with E-state index in [0.29, 0.717) is 84.2 Å². The quantitative estimate of drug-likeness (QED) is 0.0538. The van der Waals surface area contributed by atoms with Crippen LogP contribution in [0.15, 0.2) is 24.3 Å². The highest BCUT2D eigenvalue weighted by Gasteiger charge is 2.44. The highest BCUT2D eigenvalue weighted by molar-refractivity contribution is 5.91. The number of aromatic hydroxyl groups is 1. The molecule has 2 saturated heterocycles. The van der Waals surface area contributed by atoms with E-state index in [1.54, 1.807) is 35.9 Å². The van der Waals surface area contributed by atoms with Gasteiger partial charge in [-0.05, 0) is 107 Å². The second kappa shape index (κ2) is 32.6. The normalized spacial score (nSPS) is 18.6. The monoisotopic (exact) mass is 1060 g/mol. The Morgan fingerprint density at radius 3 is 2.13 bits per heavy atom. The molecule has 20 nitrogen and oxygen atoms in total. The summed E-state index contributed by atoms with van der Waals surface area (Å²) in [6.07, 6.45) is 6.44. The number of hydroxylamine groups is 2.